The fourth-order valence-corrected chi connectivity index (χ4v) is 3.58. The van der Waals surface area contributed by atoms with Crippen LogP contribution in [0.3, 0.4) is 0 Å². The summed E-state index contributed by atoms with van der Waals surface area (Å²) in [5.41, 5.74) is 0.682. The summed E-state index contributed by atoms with van der Waals surface area (Å²) in [6.45, 7) is 3.33. The zero-order valence-electron chi connectivity index (χ0n) is 10.8. The number of nitrogens with zero attached hydrogens (tertiary/aromatic N) is 1. The molecule has 1 aromatic rings. The topological polar surface area (TPSA) is 37.4 Å². The molecule has 1 aromatic carbocycles. The molecule has 0 spiro atoms. The van der Waals surface area contributed by atoms with Gasteiger partial charge in [-0.3, -0.25) is 9.59 Å². The van der Waals surface area contributed by atoms with Crippen molar-refractivity contribution >= 4 is 39.4 Å². The maximum atomic E-state index is 11.9. The fourth-order valence-electron chi connectivity index (χ4n) is 2.03. The molecule has 0 unspecified atom stereocenters. The third-order valence-corrected chi connectivity index (χ3v) is 5.13. The predicted molar refractivity (Wildman–Crippen MR) is 80.7 cm³/mol. The minimum Gasteiger partial charge on any atom is -0.342 e. The van der Waals surface area contributed by atoms with Crippen LogP contribution in [0.5, 0.6) is 0 Å². The fraction of sp³-hybridized carbons (Fsp3) is 0.429. The summed E-state index contributed by atoms with van der Waals surface area (Å²) in [7, 11) is 0. The second-order valence-corrected chi connectivity index (χ2v) is 6.45. The lowest BCUT2D eigenvalue weighted by molar-refractivity contribution is -0.127. The third kappa shape index (κ3) is 3.83. The lowest BCUT2D eigenvalue weighted by Gasteiger charge is -2.15. The molecule has 19 heavy (non-hydrogen) atoms. The maximum absolute atomic E-state index is 11.9. The zero-order valence-corrected chi connectivity index (χ0v) is 13.2. The molecule has 5 heteroatoms. The van der Waals surface area contributed by atoms with Gasteiger partial charge in [0.1, 0.15) is 0 Å². The number of ketones is 1. The highest BCUT2D eigenvalue weighted by molar-refractivity contribution is 9.10. The first-order valence-electron chi connectivity index (χ1n) is 6.29. The van der Waals surface area contributed by atoms with Gasteiger partial charge in [0.2, 0.25) is 5.91 Å². The van der Waals surface area contributed by atoms with E-state index in [2.05, 4.69) is 15.9 Å². The number of benzene rings is 1. The lowest BCUT2D eigenvalue weighted by Crippen LogP contribution is -2.29. The third-order valence-electron chi connectivity index (χ3n) is 3.15. The molecular formula is C14H16BrNO2S. The van der Waals surface area contributed by atoms with Gasteiger partial charge in [0.25, 0.3) is 0 Å². The maximum Gasteiger partial charge on any atom is 0.232 e. The molecule has 0 bridgehead atoms. The van der Waals surface area contributed by atoms with E-state index >= 15 is 0 Å². The highest BCUT2D eigenvalue weighted by Gasteiger charge is 2.18. The van der Waals surface area contributed by atoms with Crippen LogP contribution >= 0.6 is 27.7 Å². The molecule has 0 radical (unpaired) electrons. The Morgan fingerprint density at radius 3 is 2.58 bits per heavy atom. The van der Waals surface area contributed by atoms with Crippen LogP contribution in [0.15, 0.2) is 27.6 Å². The first-order valence-corrected chi connectivity index (χ1v) is 8.07. The molecule has 1 heterocycles. The normalized spacial score (nSPS) is 14.7. The van der Waals surface area contributed by atoms with E-state index in [4.69, 9.17) is 0 Å². The van der Waals surface area contributed by atoms with Crippen LogP contribution in [0, 0.1) is 0 Å². The van der Waals surface area contributed by atoms with Gasteiger partial charge in [0.15, 0.2) is 5.78 Å². The van der Waals surface area contributed by atoms with E-state index in [-0.39, 0.29) is 11.7 Å². The number of amides is 1. The van der Waals surface area contributed by atoms with Gasteiger partial charge in [-0.1, -0.05) is 6.07 Å². The van der Waals surface area contributed by atoms with Crippen LogP contribution < -0.4 is 0 Å². The quantitative estimate of drug-likeness (QED) is 0.622. The molecule has 0 aromatic heterocycles. The molecule has 102 valence electrons. The molecule has 0 aliphatic carbocycles. The van der Waals surface area contributed by atoms with Gasteiger partial charge < -0.3 is 4.90 Å². The molecule has 1 fully saturated rings. The summed E-state index contributed by atoms with van der Waals surface area (Å²) in [5, 5.41) is 0. The Kier molecular flexibility index (Phi) is 5.05. The molecule has 1 aliphatic rings. The van der Waals surface area contributed by atoms with Crippen molar-refractivity contribution in [3.05, 3.63) is 28.2 Å². The van der Waals surface area contributed by atoms with Crippen molar-refractivity contribution in [3.63, 3.8) is 0 Å². The summed E-state index contributed by atoms with van der Waals surface area (Å²) in [5.74, 6) is 0.702. The van der Waals surface area contributed by atoms with E-state index in [1.165, 1.54) is 11.8 Å². The largest absolute Gasteiger partial charge is 0.342 e. The van der Waals surface area contributed by atoms with Gasteiger partial charge in [-0.05, 0) is 47.8 Å². The Morgan fingerprint density at radius 2 is 2.00 bits per heavy atom. The molecule has 1 amide bonds. The number of carbonyl (C=O) groups is 2. The van der Waals surface area contributed by atoms with Gasteiger partial charge in [-0.15, -0.1) is 11.8 Å². The van der Waals surface area contributed by atoms with Crippen LogP contribution in [0.2, 0.25) is 0 Å². The second-order valence-electron chi connectivity index (χ2n) is 4.58. The van der Waals surface area contributed by atoms with Gasteiger partial charge >= 0.3 is 0 Å². The zero-order chi connectivity index (χ0) is 13.8. The number of hydrogen-bond donors (Lipinski definition) is 0. The van der Waals surface area contributed by atoms with Gasteiger partial charge in [0.05, 0.1) is 5.75 Å². The Balaban J connectivity index is 1.95. The highest BCUT2D eigenvalue weighted by Crippen LogP contribution is 2.29. The Hall–Kier alpha value is -0.810. The minimum absolute atomic E-state index is 0.0467. The Labute approximate surface area is 125 Å². The lowest BCUT2D eigenvalue weighted by atomic mass is 10.2. The first kappa shape index (κ1) is 14.6. The predicted octanol–water partition coefficient (Wildman–Crippen LogP) is 3.37. The van der Waals surface area contributed by atoms with Crippen LogP contribution in [-0.4, -0.2) is 35.4 Å². The van der Waals surface area contributed by atoms with Gasteiger partial charge in [0, 0.05) is 28.0 Å². The van der Waals surface area contributed by atoms with Crippen LogP contribution in [0.25, 0.3) is 0 Å². The van der Waals surface area contributed by atoms with Crippen LogP contribution in [-0.2, 0) is 4.79 Å². The van der Waals surface area contributed by atoms with Crippen molar-refractivity contribution in [2.24, 2.45) is 0 Å². The summed E-state index contributed by atoms with van der Waals surface area (Å²) in [6.07, 6.45) is 2.24. The molecule has 0 saturated carbocycles. The van der Waals surface area contributed by atoms with Crippen molar-refractivity contribution in [1.29, 1.82) is 0 Å². The molecule has 3 nitrogen and oxygen atoms in total. The van der Waals surface area contributed by atoms with Crippen molar-refractivity contribution < 1.29 is 9.59 Å². The number of likely N-dealkylation sites (tertiary alicyclic amines) is 1. The van der Waals surface area contributed by atoms with Crippen molar-refractivity contribution in [1.82, 2.24) is 4.90 Å². The van der Waals surface area contributed by atoms with Crippen LogP contribution in [0.1, 0.15) is 30.1 Å². The number of thioether (sulfide) groups is 1. The van der Waals surface area contributed by atoms with Crippen LogP contribution in [0.4, 0.5) is 0 Å². The Bertz CT molecular complexity index is 498. The smallest absolute Gasteiger partial charge is 0.232 e. The van der Waals surface area contributed by atoms with E-state index in [1.807, 2.05) is 17.0 Å². The summed E-state index contributed by atoms with van der Waals surface area (Å²) in [6, 6.07) is 5.50. The standard InChI is InChI=1S/C14H16BrNO2S/c1-10(17)11-4-5-13(12(15)8-11)19-9-14(18)16-6-2-3-7-16/h4-5,8H,2-3,6-7,9H2,1H3. The van der Waals surface area contributed by atoms with Crippen molar-refractivity contribution in [3.8, 4) is 0 Å². The molecule has 0 atom stereocenters. The SMILES string of the molecule is CC(=O)c1ccc(SCC(=O)N2CCCC2)c(Br)c1. The molecule has 1 saturated heterocycles. The molecular weight excluding hydrogens is 326 g/mol. The van der Waals surface area contributed by atoms with E-state index in [9.17, 15) is 9.59 Å². The average molecular weight is 342 g/mol. The minimum atomic E-state index is 0.0467. The van der Waals surface area contributed by atoms with Crippen molar-refractivity contribution in [2.75, 3.05) is 18.8 Å². The number of halogens is 1. The number of carbonyl (C=O) groups excluding carboxylic acids is 2. The van der Waals surface area contributed by atoms with Gasteiger partial charge in [-0.25, -0.2) is 0 Å². The Morgan fingerprint density at radius 1 is 1.32 bits per heavy atom. The monoisotopic (exact) mass is 341 g/mol. The van der Waals surface area contributed by atoms with E-state index < -0.39 is 0 Å². The number of hydrogen-bond acceptors (Lipinski definition) is 3. The van der Waals surface area contributed by atoms with E-state index in [1.54, 1.807) is 13.0 Å². The summed E-state index contributed by atoms with van der Waals surface area (Å²) in [4.78, 5) is 26.1. The number of rotatable bonds is 4. The summed E-state index contributed by atoms with van der Waals surface area (Å²) >= 11 is 4.96. The highest BCUT2D eigenvalue weighted by atomic mass is 79.9. The summed E-state index contributed by atoms with van der Waals surface area (Å²) < 4.78 is 0.874. The van der Waals surface area contributed by atoms with Crippen molar-refractivity contribution in [2.45, 2.75) is 24.7 Å². The second kappa shape index (κ2) is 6.57. The molecule has 0 N–H and O–H groups in total. The average Bonchev–Trinajstić information content (AvgIpc) is 2.90. The van der Waals surface area contributed by atoms with E-state index in [0.717, 1.165) is 35.3 Å². The number of Topliss-reactive ketones (excluding diaryl/α,β-unsaturated/α-hetero) is 1. The van der Waals surface area contributed by atoms with E-state index in [0.29, 0.717) is 11.3 Å². The first-order chi connectivity index (χ1) is 9.08. The van der Waals surface area contributed by atoms with Gasteiger partial charge in [-0.2, -0.15) is 0 Å². The molecule has 1 aliphatic heterocycles. The molecule has 2 rings (SSSR count).